The summed E-state index contributed by atoms with van der Waals surface area (Å²) in [4.78, 5) is 112. The molecular formula is C43H50N4O16. The summed E-state index contributed by atoms with van der Waals surface area (Å²) < 4.78 is 0. The number of hydrogen-bond donors (Lipinski definition) is 10. The first-order valence-electron chi connectivity index (χ1n) is 20.2. The molecule has 20 heteroatoms. The number of aliphatic imine (C=N–C) groups is 2. The fourth-order valence-corrected chi connectivity index (χ4v) is 9.76. The lowest BCUT2D eigenvalue weighted by atomic mass is 9.67. The molecule has 1 aromatic rings. The molecule has 0 radical (unpaired) electrons. The first kappa shape index (κ1) is 47.2. The lowest BCUT2D eigenvalue weighted by Gasteiger charge is -2.33. The topological polar surface area (TPSA) is 351 Å². The van der Waals surface area contributed by atoms with Gasteiger partial charge in [0.05, 0.1) is 31.4 Å². The Balaban J connectivity index is 1.98. The quantitative estimate of drug-likeness (QED) is 0.0869. The molecule has 8 bridgehead atoms. The number of carboxylic acid groups (broad SMARTS) is 8. The van der Waals surface area contributed by atoms with Gasteiger partial charge in [-0.15, -0.1) is 0 Å². The van der Waals surface area contributed by atoms with Gasteiger partial charge in [0.2, 0.25) is 0 Å². The van der Waals surface area contributed by atoms with E-state index in [2.05, 4.69) is 10.3 Å². The summed E-state index contributed by atoms with van der Waals surface area (Å²) in [7, 11) is 0. The number of aliphatic carboxylic acids is 8. The van der Waals surface area contributed by atoms with Crippen LogP contribution in [0.1, 0.15) is 107 Å². The molecule has 0 aliphatic carbocycles. The van der Waals surface area contributed by atoms with Gasteiger partial charge in [-0.05, 0) is 67.0 Å². The molecule has 1 unspecified atom stereocenters. The number of aromatic nitrogens is 1. The molecular weight excluding hydrogens is 828 g/mol. The third kappa shape index (κ3) is 10.3. The number of carbonyl (C=O) groups is 8. The van der Waals surface area contributed by atoms with Crippen LogP contribution in [0.3, 0.4) is 0 Å². The predicted octanol–water partition coefficient (Wildman–Crippen LogP) is 4.36. The van der Waals surface area contributed by atoms with E-state index >= 15 is 0 Å². The van der Waals surface area contributed by atoms with Gasteiger partial charge in [-0.25, -0.2) is 0 Å². The molecule has 5 atom stereocenters. The van der Waals surface area contributed by atoms with E-state index in [1.165, 1.54) is 12.2 Å². The van der Waals surface area contributed by atoms with Crippen LogP contribution in [0, 0.1) is 28.6 Å². The highest BCUT2D eigenvalue weighted by Crippen LogP contribution is 2.54. The largest absolute Gasteiger partial charge is 0.481 e. The van der Waals surface area contributed by atoms with Crippen molar-refractivity contribution in [2.75, 3.05) is 0 Å². The Hall–Kier alpha value is -6.86. The Morgan fingerprint density at radius 2 is 1.19 bits per heavy atom. The third-order valence-electron chi connectivity index (χ3n) is 12.6. The molecule has 4 aliphatic rings. The van der Waals surface area contributed by atoms with Crippen LogP contribution in [0.5, 0.6) is 0 Å². The molecule has 5 rings (SSSR count). The number of carboxylic acids is 8. The van der Waals surface area contributed by atoms with Crippen LogP contribution >= 0.6 is 0 Å². The molecule has 20 nitrogen and oxygen atoms in total. The number of allylic oxidation sites excluding steroid dienone is 7. The maximum atomic E-state index is 12.7. The lowest BCUT2D eigenvalue weighted by Crippen LogP contribution is -2.34. The van der Waals surface area contributed by atoms with Crippen molar-refractivity contribution in [3.8, 4) is 0 Å². The lowest BCUT2D eigenvalue weighted by molar-refractivity contribution is -0.140. The zero-order valence-electron chi connectivity index (χ0n) is 34.8. The van der Waals surface area contributed by atoms with E-state index in [1.54, 1.807) is 20.8 Å². The van der Waals surface area contributed by atoms with Gasteiger partial charge in [-0.3, -0.25) is 48.3 Å². The van der Waals surface area contributed by atoms with E-state index in [1.807, 2.05) is 0 Å². The van der Waals surface area contributed by atoms with Crippen LogP contribution < -0.4 is 5.32 Å². The molecule has 338 valence electrons. The number of nitrogens with zero attached hydrogens (tertiary/aromatic N) is 2. The van der Waals surface area contributed by atoms with Crippen molar-refractivity contribution in [1.29, 1.82) is 0 Å². The Labute approximate surface area is 359 Å². The molecule has 0 aromatic carbocycles. The number of hydrogen-bond acceptors (Lipinski definition) is 11. The van der Waals surface area contributed by atoms with Crippen LogP contribution in [-0.2, 0) is 57.6 Å². The summed E-state index contributed by atoms with van der Waals surface area (Å²) >= 11 is 0. The van der Waals surface area contributed by atoms with Gasteiger partial charge >= 0.3 is 47.8 Å². The molecule has 0 saturated heterocycles. The highest BCUT2D eigenvalue weighted by atomic mass is 16.4. The fourth-order valence-electron chi connectivity index (χ4n) is 9.76. The number of aromatic amines is 1. The Bertz CT molecular complexity index is 2360. The summed E-state index contributed by atoms with van der Waals surface area (Å²) in [5.41, 5.74) is -0.456. The number of nitrogens with one attached hydrogen (secondary N) is 2. The summed E-state index contributed by atoms with van der Waals surface area (Å²) in [6.07, 6.45) is -2.03. The molecule has 1 aromatic heterocycles. The van der Waals surface area contributed by atoms with Gasteiger partial charge < -0.3 is 51.2 Å². The van der Waals surface area contributed by atoms with Gasteiger partial charge in [0.25, 0.3) is 0 Å². The van der Waals surface area contributed by atoms with Crippen LogP contribution in [-0.4, -0.2) is 105 Å². The fraction of sp³-hybridized carbons (Fsp3) is 0.488. The zero-order valence-corrected chi connectivity index (χ0v) is 34.8. The van der Waals surface area contributed by atoms with E-state index in [9.17, 15) is 79.2 Å². The first-order valence-corrected chi connectivity index (χ1v) is 20.2. The molecule has 0 fully saturated rings. The summed E-state index contributed by atoms with van der Waals surface area (Å²) in [5, 5.41) is 83.4. The predicted molar refractivity (Wildman–Crippen MR) is 220 cm³/mol. The van der Waals surface area contributed by atoms with Gasteiger partial charge in [0.1, 0.15) is 0 Å². The minimum atomic E-state index is -1.49. The van der Waals surface area contributed by atoms with Crippen LogP contribution in [0.4, 0.5) is 0 Å². The molecule has 4 aliphatic heterocycles. The van der Waals surface area contributed by atoms with Crippen molar-refractivity contribution in [1.82, 2.24) is 10.3 Å². The highest BCUT2D eigenvalue weighted by molar-refractivity contribution is 6.06. The average Bonchev–Trinajstić information content (AvgIpc) is 3.80. The van der Waals surface area contributed by atoms with Gasteiger partial charge in [-0.1, -0.05) is 13.8 Å². The van der Waals surface area contributed by atoms with E-state index < -0.39 is 128 Å². The molecule has 0 spiro atoms. The number of H-pyrrole nitrogens is 1. The van der Waals surface area contributed by atoms with Crippen molar-refractivity contribution in [3.63, 3.8) is 0 Å². The molecule has 0 saturated carbocycles. The third-order valence-corrected chi connectivity index (χ3v) is 12.6. The second-order valence-corrected chi connectivity index (χ2v) is 16.9. The number of fused-ring (bicyclic) bond motifs is 6. The van der Waals surface area contributed by atoms with E-state index in [0.717, 1.165) is 0 Å². The van der Waals surface area contributed by atoms with Crippen molar-refractivity contribution in [2.24, 2.45) is 38.6 Å². The van der Waals surface area contributed by atoms with Crippen molar-refractivity contribution in [2.45, 2.75) is 104 Å². The van der Waals surface area contributed by atoms with Crippen molar-refractivity contribution >= 4 is 64.8 Å². The summed E-state index contributed by atoms with van der Waals surface area (Å²) in [6, 6.07) is 0. The van der Waals surface area contributed by atoms with Crippen molar-refractivity contribution < 1.29 is 79.2 Å². The Kier molecular flexibility index (Phi) is 14.0. The first-order chi connectivity index (χ1) is 29.4. The maximum Gasteiger partial charge on any atom is 0.307 e. The second kappa shape index (κ2) is 18.6. The van der Waals surface area contributed by atoms with Crippen LogP contribution in [0.2, 0.25) is 0 Å². The van der Waals surface area contributed by atoms with E-state index in [0.29, 0.717) is 17.0 Å². The minimum Gasteiger partial charge on any atom is -0.481 e. The highest BCUT2D eigenvalue weighted by Gasteiger charge is 2.51. The standard InChI is InChI=1S/C43H50N4O16/c1-19-40-23(13-37(58)59)21(5-9-33(50)51)27(46-40)14-26-20(4-8-32(48)49)22(12-36(56)57)28(44-26)15-29-24(6-10-34(52)53)42(2,17-38(60)61)31(45-29)16-30-25(7-11-35(54)55)43(3,18-39(62)63)41(19)47-30/h15-16,22,24-25,44,46H,4-14,17-18H2,1-3H3,(H,48,49)(H,50,51)(H,52,53)(H,54,55)(H,56,57)(H,58,59)(H,60,61)(H,62,63)/b28-15?,31-16?,41-19-/t22?,24-,25-,42+,43+/m1/s1. The van der Waals surface area contributed by atoms with E-state index in [-0.39, 0.29) is 83.0 Å². The second-order valence-electron chi connectivity index (χ2n) is 16.9. The van der Waals surface area contributed by atoms with Gasteiger partial charge in [0.15, 0.2) is 0 Å². The number of rotatable bonds is 20. The molecule has 5 heterocycles. The van der Waals surface area contributed by atoms with Gasteiger partial charge in [0, 0.05) is 101 Å². The van der Waals surface area contributed by atoms with Gasteiger partial charge in [-0.2, -0.15) is 0 Å². The SMILES string of the molecule is C/C1=C2/N=C(C=C3N=C(C=C4NC(=C(CCC(=O)O)C4CC(=O)O)Cc4[nH]c1c(CC(=O)O)c4CCC(=O)O)[C@@H](CCC(=O)O)[C@]3(C)CC(=O)O)[C@@H](CCC(=O)O)[C@]2(C)CC(=O)O. The molecule has 0 amide bonds. The molecule has 63 heavy (non-hydrogen) atoms. The minimum absolute atomic E-state index is 0.0895. The van der Waals surface area contributed by atoms with Crippen molar-refractivity contribution in [3.05, 3.63) is 63.0 Å². The normalized spacial score (nSPS) is 25.1. The smallest absolute Gasteiger partial charge is 0.307 e. The average molecular weight is 879 g/mol. The summed E-state index contributed by atoms with van der Waals surface area (Å²) in [5.74, 6) is -12.9. The van der Waals surface area contributed by atoms with Crippen LogP contribution in [0.25, 0.3) is 5.57 Å². The Morgan fingerprint density at radius 3 is 1.73 bits per heavy atom. The van der Waals surface area contributed by atoms with E-state index in [4.69, 9.17) is 9.98 Å². The monoisotopic (exact) mass is 878 g/mol. The molecule has 10 N–H and O–H groups in total. The zero-order chi connectivity index (χ0) is 46.7. The Morgan fingerprint density at radius 1 is 0.651 bits per heavy atom. The summed E-state index contributed by atoms with van der Waals surface area (Å²) in [6.45, 7) is 4.71. The van der Waals surface area contributed by atoms with Crippen LogP contribution in [0.15, 0.2) is 50.5 Å². The maximum absolute atomic E-state index is 12.7.